The molecule has 10 heteroatoms. The number of furan rings is 1. The summed E-state index contributed by atoms with van der Waals surface area (Å²) in [6.45, 7) is 4.15. The zero-order valence-corrected chi connectivity index (χ0v) is 22.4. The second kappa shape index (κ2) is 11.9. The van der Waals surface area contributed by atoms with Crippen molar-refractivity contribution in [2.45, 2.75) is 13.8 Å². The third kappa shape index (κ3) is 6.36. The fraction of sp³-hybridized carbons (Fsp3) is 0.250. The molecule has 198 valence electrons. The quantitative estimate of drug-likeness (QED) is 0.286. The zero-order chi connectivity index (χ0) is 27.2. The van der Waals surface area contributed by atoms with E-state index in [0.717, 1.165) is 5.56 Å². The topological polar surface area (TPSA) is 98.8 Å². The summed E-state index contributed by atoms with van der Waals surface area (Å²) in [6, 6.07) is 15.8. The Labute approximate surface area is 225 Å². The van der Waals surface area contributed by atoms with Crippen molar-refractivity contribution in [3.8, 4) is 28.4 Å². The molecule has 0 radical (unpaired) electrons. The van der Waals surface area contributed by atoms with E-state index in [0.29, 0.717) is 34.4 Å². The van der Waals surface area contributed by atoms with Crippen LogP contribution >= 0.6 is 11.6 Å². The molecule has 0 bridgehead atoms. The van der Waals surface area contributed by atoms with E-state index in [1.807, 2.05) is 26.0 Å². The normalized spacial score (nSPS) is 10.9. The average molecular weight is 537 g/mol. The molecule has 0 atom stereocenters. The van der Waals surface area contributed by atoms with Gasteiger partial charge in [0.05, 0.1) is 31.9 Å². The van der Waals surface area contributed by atoms with Crippen LogP contribution in [0.3, 0.4) is 0 Å². The van der Waals surface area contributed by atoms with Crippen molar-refractivity contribution in [2.75, 3.05) is 32.6 Å². The Morgan fingerprint density at radius 1 is 1.08 bits per heavy atom. The lowest BCUT2D eigenvalue weighted by Gasteiger charge is -2.23. The fourth-order valence-electron chi connectivity index (χ4n) is 3.91. The minimum absolute atomic E-state index is 0.143. The van der Waals surface area contributed by atoms with E-state index < -0.39 is 5.91 Å². The third-order valence-electron chi connectivity index (χ3n) is 5.65. The maximum Gasteiger partial charge on any atom is 0.290 e. The van der Waals surface area contributed by atoms with Crippen LogP contribution in [0, 0.1) is 5.92 Å². The van der Waals surface area contributed by atoms with Crippen LogP contribution in [0.4, 0.5) is 5.95 Å². The largest absolute Gasteiger partial charge is 0.497 e. The number of anilines is 1. The van der Waals surface area contributed by atoms with Crippen LogP contribution in [0.2, 0.25) is 5.02 Å². The molecule has 4 rings (SSSR count). The van der Waals surface area contributed by atoms with E-state index in [1.165, 1.54) is 11.2 Å². The fourth-order valence-corrected chi connectivity index (χ4v) is 4.04. The molecule has 0 unspecified atom stereocenters. The van der Waals surface area contributed by atoms with E-state index in [9.17, 15) is 9.59 Å². The first-order valence-electron chi connectivity index (χ1n) is 12.0. The maximum absolute atomic E-state index is 13.2. The molecule has 4 aromatic rings. The third-order valence-corrected chi connectivity index (χ3v) is 5.90. The van der Waals surface area contributed by atoms with Crippen molar-refractivity contribution in [1.82, 2.24) is 14.5 Å². The van der Waals surface area contributed by atoms with Crippen LogP contribution in [-0.2, 0) is 4.79 Å². The molecular weight excluding hydrogens is 508 g/mol. The first-order valence-corrected chi connectivity index (χ1v) is 12.4. The number of rotatable bonds is 10. The maximum atomic E-state index is 13.2. The number of ether oxygens (including phenoxy) is 2. The van der Waals surface area contributed by atoms with Gasteiger partial charge in [-0.05, 0) is 30.2 Å². The molecule has 0 fully saturated rings. The Bertz CT molecular complexity index is 1380. The second-order valence-electron chi connectivity index (χ2n) is 9.00. The van der Waals surface area contributed by atoms with Crippen LogP contribution in [0.25, 0.3) is 16.9 Å². The lowest BCUT2D eigenvalue weighted by molar-refractivity contribution is -0.117. The Balaban J connectivity index is 1.68. The second-order valence-corrected chi connectivity index (χ2v) is 9.44. The van der Waals surface area contributed by atoms with Crippen molar-refractivity contribution in [3.05, 3.63) is 77.8 Å². The number of benzene rings is 2. The molecular formula is C28H29ClN4O5. The molecule has 0 saturated heterocycles. The van der Waals surface area contributed by atoms with E-state index in [4.69, 9.17) is 25.5 Å². The molecule has 0 aliphatic rings. The van der Waals surface area contributed by atoms with Crippen molar-refractivity contribution in [3.63, 3.8) is 0 Å². The molecule has 9 nitrogen and oxygen atoms in total. The monoisotopic (exact) mass is 536 g/mol. The molecule has 1 N–H and O–H groups in total. The van der Waals surface area contributed by atoms with Crippen molar-refractivity contribution < 1.29 is 23.5 Å². The first kappa shape index (κ1) is 26.8. The number of hydrogen-bond acceptors (Lipinski definition) is 6. The predicted octanol–water partition coefficient (Wildman–Crippen LogP) is 5.54. The minimum atomic E-state index is -0.407. The van der Waals surface area contributed by atoms with Gasteiger partial charge in [-0.3, -0.25) is 19.5 Å². The van der Waals surface area contributed by atoms with Crippen LogP contribution in [0.1, 0.15) is 24.4 Å². The van der Waals surface area contributed by atoms with Gasteiger partial charge in [-0.25, -0.2) is 4.98 Å². The van der Waals surface area contributed by atoms with Crippen LogP contribution in [-0.4, -0.2) is 53.6 Å². The summed E-state index contributed by atoms with van der Waals surface area (Å²) in [4.78, 5) is 32.4. The SMILES string of the molecule is COc1cc(OC)cc(-n2cc(-c3ccc(Cl)cc3)nc2NC(=O)CN(CC(C)C)C(=O)c2ccco2)c1. The number of nitrogens with zero attached hydrogens (tertiary/aromatic N) is 3. The number of halogens is 1. The van der Waals surface area contributed by atoms with Gasteiger partial charge in [0.1, 0.15) is 18.0 Å². The van der Waals surface area contributed by atoms with Gasteiger partial charge in [-0.2, -0.15) is 0 Å². The predicted molar refractivity (Wildman–Crippen MR) is 145 cm³/mol. The number of imidazole rings is 1. The lowest BCUT2D eigenvalue weighted by Crippen LogP contribution is -2.40. The van der Waals surface area contributed by atoms with Crippen LogP contribution in [0.5, 0.6) is 11.5 Å². The van der Waals surface area contributed by atoms with E-state index in [2.05, 4.69) is 10.3 Å². The van der Waals surface area contributed by atoms with Crippen LogP contribution < -0.4 is 14.8 Å². The van der Waals surface area contributed by atoms with E-state index in [1.54, 1.807) is 67.4 Å². The smallest absolute Gasteiger partial charge is 0.290 e. The van der Waals surface area contributed by atoms with E-state index in [-0.39, 0.29) is 30.1 Å². The van der Waals surface area contributed by atoms with Gasteiger partial charge in [0.15, 0.2) is 5.76 Å². The van der Waals surface area contributed by atoms with Crippen molar-refractivity contribution in [2.24, 2.45) is 5.92 Å². The Morgan fingerprint density at radius 2 is 1.76 bits per heavy atom. The van der Waals surface area contributed by atoms with Gasteiger partial charge in [-0.15, -0.1) is 0 Å². The summed E-state index contributed by atoms with van der Waals surface area (Å²) in [5.41, 5.74) is 2.09. The molecule has 2 amide bonds. The summed E-state index contributed by atoms with van der Waals surface area (Å²) >= 11 is 6.06. The summed E-state index contributed by atoms with van der Waals surface area (Å²) in [5, 5.41) is 3.47. The van der Waals surface area contributed by atoms with Gasteiger partial charge in [-0.1, -0.05) is 37.6 Å². The van der Waals surface area contributed by atoms with Gasteiger partial charge < -0.3 is 18.8 Å². The van der Waals surface area contributed by atoms with Crippen molar-refractivity contribution >= 4 is 29.4 Å². The number of aromatic nitrogens is 2. The average Bonchev–Trinajstić information content (AvgIpc) is 3.58. The molecule has 38 heavy (non-hydrogen) atoms. The molecule has 0 saturated carbocycles. The summed E-state index contributed by atoms with van der Waals surface area (Å²) in [6.07, 6.45) is 3.23. The molecule has 0 aliphatic heterocycles. The number of amides is 2. The van der Waals surface area contributed by atoms with Crippen molar-refractivity contribution in [1.29, 1.82) is 0 Å². The van der Waals surface area contributed by atoms with Gasteiger partial charge in [0.25, 0.3) is 5.91 Å². The zero-order valence-electron chi connectivity index (χ0n) is 21.6. The molecule has 0 aliphatic carbocycles. The Kier molecular flexibility index (Phi) is 8.38. The number of methoxy groups -OCH3 is 2. The highest BCUT2D eigenvalue weighted by molar-refractivity contribution is 6.30. The standard InChI is InChI=1S/C28H29ClN4O5/c1-18(2)15-32(27(35)25-6-5-11-38-25)17-26(34)31-28-30-24(19-7-9-20(29)10-8-19)16-33(28)21-12-22(36-3)14-23(13-21)37-4/h5-14,16,18H,15,17H2,1-4H3,(H,30,31,34). The van der Waals surface area contributed by atoms with Crippen LogP contribution in [0.15, 0.2) is 71.5 Å². The number of nitrogens with one attached hydrogen (secondary N) is 1. The Hall–Kier alpha value is -4.24. The first-order chi connectivity index (χ1) is 18.3. The summed E-state index contributed by atoms with van der Waals surface area (Å²) < 4.78 is 17.9. The minimum Gasteiger partial charge on any atom is -0.497 e. The van der Waals surface area contributed by atoms with Gasteiger partial charge in [0, 0.05) is 41.5 Å². The highest BCUT2D eigenvalue weighted by atomic mass is 35.5. The summed E-state index contributed by atoms with van der Waals surface area (Å²) in [7, 11) is 3.13. The number of carbonyl (C=O) groups is 2. The van der Waals surface area contributed by atoms with Gasteiger partial charge >= 0.3 is 0 Å². The number of hydrogen-bond donors (Lipinski definition) is 1. The van der Waals surface area contributed by atoms with Gasteiger partial charge in [0.2, 0.25) is 11.9 Å². The molecule has 2 aromatic carbocycles. The highest BCUT2D eigenvalue weighted by Gasteiger charge is 2.23. The number of carbonyl (C=O) groups excluding carboxylic acids is 2. The Morgan fingerprint density at radius 3 is 2.34 bits per heavy atom. The highest BCUT2D eigenvalue weighted by Crippen LogP contribution is 2.30. The molecule has 2 aromatic heterocycles. The molecule has 2 heterocycles. The lowest BCUT2D eigenvalue weighted by atomic mass is 10.2. The van der Waals surface area contributed by atoms with E-state index >= 15 is 0 Å². The molecule has 0 spiro atoms. The summed E-state index contributed by atoms with van der Waals surface area (Å²) in [5.74, 6) is 0.968.